The summed E-state index contributed by atoms with van der Waals surface area (Å²) in [7, 11) is -4.72. The number of carboxylic acids is 1. The minimum Gasteiger partial charge on any atom is -0.480 e. The summed E-state index contributed by atoms with van der Waals surface area (Å²) in [6.07, 6.45) is 55.3. The molecule has 0 bridgehead atoms. The van der Waals surface area contributed by atoms with Crippen LogP contribution in [-0.2, 0) is 37.5 Å². The molecule has 0 spiro atoms. The van der Waals surface area contributed by atoms with Crippen LogP contribution < -0.4 is 5.73 Å². The van der Waals surface area contributed by atoms with Gasteiger partial charge in [-0.25, -0.2) is 4.57 Å². The molecule has 0 aliphatic heterocycles. The van der Waals surface area contributed by atoms with Gasteiger partial charge in [0, 0.05) is 12.8 Å². The smallest absolute Gasteiger partial charge is 0.472 e. The maximum absolute atomic E-state index is 12.7. The highest BCUT2D eigenvalue weighted by molar-refractivity contribution is 7.47. The van der Waals surface area contributed by atoms with E-state index >= 15 is 0 Å². The van der Waals surface area contributed by atoms with Crippen molar-refractivity contribution in [2.24, 2.45) is 5.73 Å². The first-order chi connectivity index (χ1) is 32.1. The molecule has 12 heteroatoms. The van der Waals surface area contributed by atoms with E-state index in [1.807, 2.05) is 0 Å². The average molecular weight is 956 g/mol. The van der Waals surface area contributed by atoms with Crippen LogP contribution in [0.15, 0.2) is 24.3 Å². The van der Waals surface area contributed by atoms with E-state index < -0.39 is 51.1 Å². The fourth-order valence-electron chi connectivity index (χ4n) is 7.92. The molecule has 0 aliphatic carbocycles. The number of unbranched alkanes of at least 4 members (excludes halogenated alkanes) is 34. The van der Waals surface area contributed by atoms with Gasteiger partial charge >= 0.3 is 25.7 Å². The summed E-state index contributed by atoms with van der Waals surface area (Å²) in [6.45, 7) is 2.85. The number of ether oxygens (including phenoxy) is 2. The molecule has 0 aromatic rings. The molecule has 0 saturated heterocycles. The minimum atomic E-state index is -4.72. The lowest BCUT2D eigenvalue weighted by molar-refractivity contribution is -0.161. The first kappa shape index (κ1) is 64.0. The SMILES string of the molecule is CCCCCCC/C=C\C/C=C\CCCCCCCCCCCC(=O)OC(COC(=O)CCCCCCCCCCCCCCCCCCCCCCC)COP(=O)(O)OCC(N)C(=O)O. The summed E-state index contributed by atoms with van der Waals surface area (Å²) in [4.78, 5) is 46.3. The summed E-state index contributed by atoms with van der Waals surface area (Å²) in [5, 5.41) is 8.93. The Hall–Kier alpha value is -2.04. The molecule has 0 aromatic heterocycles. The molecule has 0 amide bonds. The van der Waals surface area contributed by atoms with Gasteiger partial charge in [-0.05, 0) is 44.9 Å². The van der Waals surface area contributed by atoms with E-state index in [4.69, 9.17) is 29.4 Å². The number of phosphoric ester groups is 1. The normalized spacial score (nSPS) is 13.6. The quantitative estimate of drug-likeness (QED) is 0.0229. The number of hydrogen-bond donors (Lipinski definition) is 3. The molecule has 0 aliphatic rings. The molecular formula is C54H102NO10P. The summed E-state index contributed by atoms with van der Waals surface area (Å²) in [5.74, 6) is -2.36. The lowest BCUT2D eigenvalue weighted by Gasteiger charge is -2.20. The Bertz CT molecular complexity index is 1210. The summed E-state index contributed by atoms with van der Waals surface area (Å²) in [6, 6.07) is -1.52. The molecule has 4 N–H and O–H groups in total. The van der Waals surface area contributed by atoms with Crippen LogP contribution in [0.4, 0.5) is 0 Å². The van der Waals surface area contributed by atoms with Gasteiger partial charge in [-0.3, -0.25) is 23.4 Å². The molecule has 0 radical (unpaired) electrons. The second-order valence-corrected chi connectivity index (χ2v) is 20.2. The molecule has 388 valence electrons. The van der Waals surface area contributed by atoms with Crippen LogP contribution in [-0.4, -0.2) is 59.9 Å². The van der Waals surface area contributed by atoms with E-state index in [2.05, 4.69) is 38.2 Å². The molecule has 0 aromatic carbocycles. The van der Waals surface area contributed by atoms with Crippen LogP contribution in [0.25, 0.3) is 0 Å². The van der Waals surface area contributed by atoms with Gasteiger partial charge in [-0.1, -0.05) is 237 Å². The molecule has 3 unspecified atom stereocenters. The number of aliphatic carboxylic acids is 1. The monoisotopic (exact) mass is 956 g/mol. The van der Waals surface area contributed by atoms with E-state index in [1.54, 1.807) is 0 Å². The maximum atomic E-state index is 12.7. The zero-order valence-electron chi connectivity index (χ0n) is 42.6. The first-order valence-corrected chi connectivity index (χ1v) is 28.9. The number of nitrogens with two attached hydrogens (primary N) is 1. The first-order valence-electron chi connectivity index (χ1n) is 27.4. The maximum Gasteiger partial charge on any atom is 0.472 e. The van der Waals surface area contributed by atoms with Crippen molar-refractivity contribution < 1.29 is 47.5 Å². The van der Waals surface area contributed by atoms with Crippen LogP contribution in [0.5, 0.6) is 0 Å². The fourth-order valence-corrected chi connectivity index (χ4v) is 8.70. The van der Waals surface area contributed by atoms with Gasteiger partial charge in [0.05, 0.1) is 13.2 Å². The molecule has 66 heavy (non-hydrogen) atoms. The number of esters is 2. The van der Waals surface area contributed by atoms with Gasteiger partial charge in [-0.15, -0.1) is 0 Å². The van der Waals surface area contributed by atoms with Crippen LogP contribution >= 0.6 is 7.82 Å². The summed E-state index contributed by atoms with van der Waals surface area (Å²) < 4.78 is 32.9. The van der Waals surface area contributed by atoms with Crippen LogP contribution in [0.2, 0.25) is 0 Å². The number of carbonyl (C=O) groups is 3. The van der Waals surface area contributed by atoms with E-state index in [0.717, 1.165) is 51.4 Å². The Labute approximate surface area is 404 Å². The Morgan fingerprint density at radius 1 is 0.470 bits per heavy atom. The van der Waals surface area contributed by atoms with E-state index in [9.17, 15) is 23.8 Å². The minimum absolute atomic E-state index is 0.160. The van der Waals surface area contributed by atoms with Gasteiger partial charge < -0.3 is 25.2 Å². The number of phosphoric acid groups is 1. The molecule has 0 heterocycles. The van der Waals surface area contributed by atoms with Crippen molar-refractivity contribution in [3.63, 3.8) is 0 Å². The summed E-state index contributed by atoms with van der Waals surface area (Å²) >= 11 is 0. The second kappa shape index (κ2) is 49.4. The predicted molar refractivity (Wildman–Crippen MR) is 272 cm³/mol. The summed E-state index contributed by atoms with van der Waals surface area (Å²) in [5.41, 5.74) is 5.36. The van der Waals surface area contributed by atoms with Gasteiger partial charge in [0.1, 0.15) is 12.6 Å². The van der Waals surface area contributed by atoms with Crippen molar-refractivity contribution >= 4 is 25.7 Å². The van der Waals surface area contributed by atoms with Gasteiger partial charge in [0.2, 0.25) is 0 Å². The zero-order valence-corrected chi connectivity index (χ0v) is 43.4. The second-order valence-electron chi connectivity index (χ2n) is 18.7. The molecule has 0 fully saturated rings. The van der Waals surface area contributed by atoms with Crippen LogP contribution in [0, 0.1) is 0 Å². The third-order valence-corrected chi connectivity index (χ3v) is 13.2. The highest BCUT2D eigenvalue weighted by Crippen LogP contribution is 2.43. The number of carbonyl (C=O) groups excluding carboxylic acids is 2. The molecule has 0 saturated carbocycles. The Morgan fingerprint density at radius 3 is 1.18 bits per heavy atom. The Morgan fingerprint density at radius 2 is 0.803 bits per heavy atom. The van der Waals surface area contributed by atoms with Gasteiger partial charge in [0.25, 0.3) is 0 Å². The van der Waals surface area contributed by atoms with Crippen molar-refractivity contribution in [2.45, 2.75) is 283 Å². The molecule has 3 atom stereocenters. The predicted octanol–water partition coefficient (Wildman–Crippen LogP) is 15.7. The van der Waals surface area contributed by atoms with Crippen molar-refractivity contribution in [2.75, 3.05) is 19.8 Å². The average Bonchev–Trinajstić information content (AvgIpc) is 3.30. The van der Waals surface area contributed by atoms with Gasteiger partial charge in [0.15, 0.2) is 6.10 Å². The highest BCUT2D eigenvalue weighted by atomic mass is 31.2. The van der Waals surface area contributed by atoms with Crippen molar-refractivity contribution in [3.05, 3.63) is 24.3 Å². The van der Waals surface area contributed by atoms with Crippen molar-refractivity contribution in [3.8, 4) is 0 Å². The van der Waals surface area contributed by atoms with Crippen molar-refractivity contribution in [1.29, 1.82) is 0 Å². The number of allylic oxidation sites excluding steroid dienone is 4. The number of carboxylic acid groups (broad SMARTS) is 1. The topological polar surface area (TPSA) is 172 Å². The molecular weight excluding hydrogens is 854 g/mol. The van der Waals surface area contributed by atoms with Crippen LogP contribution in [0.3, 0.4) is 0 Å². The lowest BCUT2D eigenvalue weighted by Crippen LogP contribution is -2.34. The number of rotatable bonds is 52. The van der Waals surface area contributed by atoms with Crippen LogP contribution in [0.1, 0.15) is 271 Å². The number of hydrogen-bond acceptors (Lipinski definition) is 9. The molecule has 11 nitrogen and oxygen atoms in total. The molecule has 0 rings (SSSR count). The standard InChI is InChI=1S/C54H102NO10P/c1-3-5-7-9-11-13-15-17-19-21-23-25-27-29-31-33-35-37-39-41-43-45-52(56)62-47-50(48-63-66(60,61)64-49-51(55)54(58)59)65-53(57)46-44-42-40-38-36-34-32-30-28-26-24-22-20-18-16-14-12-10-8-6-4-2/h16,18,22,24,50-51H,3-15,17,19-21,23,25-49,55H2,1-2H3,(H,58,59)(H,60,61)/b18-16-,24-22-. The van der Waals surface area contributed by atoms with Gasteiger partial charge in [-0.2, -0.15) is 0 Å². The third-order valence-electron chi connectivity index (χ3n) is 12.2. The largest absolute Gasteiger partial charge is 0.480 e. The van der Waals surface area contributed by atoms with E-state index in [1.165, 1.54) is 180 Å². The van der Waals surface area contributed by atoms with Crippen molar-refractivity contribution in [1.82, 2.24) is 0 Å². The lowest BCUT2D eigenvalue weighted by atomic mass is 10.0. The fraction of sp³-hybridized carbons (Fsp3) is 0.870. The Balaban J connectivity index is 4.18. The Kier molecular flexibility index (Phi) is 47.9. The van der Waals surface area contributed by atoms with E-state index in [0.29, 0.717) is 12.8 Å². The third kappa shape index (κ3) is 48.4. The van der Waals surface area contributed by atoms with E-state index in [-0.39, 0.29) is 19.4 Å². The highest BCUT2D eigenvalue weighted by Gasteiger charge is 2.28. The zero-order chi connectivity index (χ0) is 48.4.